The maximum absolute atomic E-state index is 13.9. The quantitative estimate of drug-likeness (QED) is 0.383. The second-order valence-corrected chi connectivity index (χ2v) is 12.3. The van der Waals surface area contributed by atoms with Crippen LogP contribution in [0.5, 0.6) is 0 Å². The molecule has 1 amide bonds. The van der Waals surface area contributed by atoms with Gasteiger partial charge in [0.15, 0.2) is 0 Å². The SMILES string of the molecule is CCc1cn2c3c(cc(C(=O)N[C@@H](Cc4cc(F)cc(F)c4)[C@H](O)CNC4CC4)cc13)N(C)S(=O)(=O)CC2. The first kappa shape index (κ1) is 26.6. The van der Waals surface area contributed by atoms with Crippen LogP contribution in [0.25, 0.3) is 10.9 Å². The van der Waals surface area contributed by atoms with Crippen LogP contribution in [0.3, 0.4) is 0 Å². The van der Waals surface area contributed by atoms with Gasteiger partial charge < -0.3 is 20.3 Å². The molecule has 204 valence electrons. The van der Waals surface area contributed by atoms with Gasteiger partial charge >= 0.3 is 0 Å². The highest BCUT2D eigenvalue weighted by molar-refractivity contribution is 7.92. The number of nitrogens with one attached hydrogen (secondary N) is 2. The van der Waals surface area contributed by atoms with Crippen molar-refractivity contribution in [2.24, 2.45) is 0 Å². The van der Waals surface area contributed by atoms with Crippen LogP contribution in [-0.4, -0.2) is 61.5 Å². The number of halogens is 2. The largest absolute Gasteiger partial charge is 0.390 e. The number of carbonyl (C=O) groups excluding carboxylic acids is 1. The second-order valence-electron chi connectivity index (χ2n) is 10.2. The van der Waals surface area contributed by atoms with E-state index in [2.05, 4.69) is 10.6 Å². The van der Waals surface area contributed by atoms with Gasteiger partial charge in [0.1, 0.15) is 11.6 Å². The van der Waals surface area contributed by atoms with Gasteiger partial charge in [0.05, 0.1) is 29.1 Å². The fourth-order valence-electron chi connectivity index (χ4n) is 5.05. The molecule has 1 saturated carbocycles. The van der Waals surface area contributed by atoms with E-state index in [-0.39, 0.29) is 24.3 Å². The Hall–Kier alpha value is -3.02. The van der Waals surface area contributed by atoms with Crippen LogP contribution in [0.1, 0.15) is 41.3 Å². The summed E-state index contributed by atoms with van der Waals surface area (Å²) in [5, 5.41) is 17.8. The molecule has 3 aromatic rings. The number of hydrogen-bond donors (Lipinski definition) is 3. The van der Waals surface area contributed by atoms with E-state index < -0.39 is 39.7 Å². The molecule has 0 saturated heterocycles. The van der Waals surface area contributed by atoms with Crippen molar-refractivity contribution in [2.45, 2.75) is 57.3 Å². The number of sulfonamides is 1. The minimum atomic E-state index is -3.58. The molecule has 2 atom stereocenters. The molecule has 0 unspecified atom stereocenters. The number of aromatic nitrogens is 1. The number of amides is 1. The van der Waals surface area contributed by atoms with Crippen molar-refractivity contribution in [1.29, 1.82) is 0 Å². The van der Waals surface area contributed by atoms with Crippen LogP contribution in [0.15, 0.2) is 36.5 Å². The standard InChI is InChI=1S/C27H32F2N4O4S/c1-3-17-15-33-6-7-38(36,37)32(2)24-12-18(11-22(17)26(24)33)27(35)31-23(25(34)14-30-21-4-5-21)10-16-8-19(28)13-20(29)9-16/h8-9,11-13,15,21,23,25,30,34H,3-7,10,14H2,1-2H3,(H,31,35)/t23-,25+/m0/s1. The topological polar surface area (TPSA) is 104 Å². The number of anilines is 1. The highest BCUT2D eigenvalue weighted by Crippen LogP contribution is 2.35. The van der Waals surface area contributed by atoms with Crippen LogP contribution >= 0.6 is 0 Å². The van der Waals surface area contributed by atoms with Gasteiger partial charge in [-0.2, -0.15) is 0 Å². The Morgan fingerprint density at radius 3 is 2.53 bits per heavy atom. The average molecular weight is 547 g/mol. The fourth-order valence-corrected chi connectivity index (χ4v) is 6.19. The van der Waals surface area contributed by atoms with Crippen molar-refractivity contribution in [2.75, 3.05) is 23.7 Å². The number of hydrogen-bond acceptors (Lipinski definition) is 5. The summed E-state index contributed by atoms with van der Waals surface area (Å²) in [6.07, 6.45) is 3.64. The molecule has 8 nitrogen and oxygen atoms in total. The molecule has 0 bridgehead atoms. The van der Waals surface area contributed by atoms with Crippen LogP contribution in [0.2, 0.25) is 0 Å². The average Bonchev–Trinajstić information content (AvgIpc) is 3.64. The second kappa shape index (κ2) is 10.3. The van der Waals surface area contributed by atoms with E-state index in [0.29, 0.717) is 30.3 Å². The van der Waals surface area contributed by atoms with Gasteiger partial charge in [-0.15, -0.1) is 0 Å². The molecule has 2 aliphatic rings. The normalized spacial score (nSPS) is 18.3. The fraction of sp³-hybridized carbons (Fsp3) is 0.444. The Morgan fingerprint density at radius 2 is 1.87 bits per heavy atom. The Balaban J connectivity index is 1.49. The van der Waals surface area contributed by atoms with Crippen LogP contribution in [-0.2, 0) is 29.4 Å². The minimum Gasteiger partial charge on any atom is -0.390 e. The molecule has 0 spiro atoms. The van der Waals surface area contributed by atoms with E-state index in [1.54, 1.807) is 12.1 Å². The predicted molar refractivity (Wildman–Crippen MR) is 142 cm³/mol. The Kier molecular flexibility index (Phi) is 7.19. The van der Waals surface area contributed by atoms with E-state index in [9.17, 15) is 27.1 Å². The number of carbonyl (C=O) groups is 1. The third kappa shape index (κ3) is 5.41. The predicted octanol–water partition coefficient (Wildman–Crippen LogP) is 2.72. The maximum Gasteiger partial charge on any atom is 0.251 e. The summed E-state index contributed by atoms with van der Waals surface area (Å²) in [6.45, 7) is 2.52. The minimum absolute atomic E-state index is 0.00784. The maximum atomic E-state index is 13.9. The molecule has 1 aliphatic carbocycles. The van der Waals surface area contributed by atoms with E-state index in [4.69, 9.17) is 0 Å². The Morgan fingerprint density at radius 1 is 1.16 bits per heavy atom. The summed E-state index contributed by atoms with van der Waals surface area (Å²) in [4.78, 5) is 13.6. The van der Waals surface area contributed by atoms with E-state index in [0.717, 1.165) is 35.4 Å². The highest BCUT2D eigenvalue weighted by atomic mass is 32.2. The summed E-state index contributed by atoms with van der Waals surface area (Å²) in [5.74, 6) is -2.05. The van der Waals surface area contributed by atoms with Crippen LogP contribution in [0.4, 0.5) is 14.5 Å². The third-order valence-corrected chi connectivity index (χ3v) is 9.11. The molecular weight excluding hydrogens is 514 g/mol. The van der Waals surface area contributed by atoms with Crippen molar-refractivity contribution in [3.8, 4) is 0 Å². The van der Waals surface area contributed by atoms with Crippen molar-refractivity contribution in [1.82, 2.24) is 15.2 Å². The van der Waals surface area contributed by atoms with Crippen molar-refractivity contribution in [3.63, 3.8) is 0 Å². The van der Waals surface area contributed by atoms with E-state index in [1.165, 1.54) is 23.5 Å². The molecule has 1 aromatic heterocycles. The molecule has 3 N–H and O–H groups in total. The zero-order valence-electron chi connectivity index (χ0n) is 21.4. The first-order valence-corrected chi connectivity index (χ1v) is 14.5. The number of rotatable bonds is 9. The molecule has 11 heteroatoms. The molecule has 2 aromatic carbocycles. The third-order valence-electron chi connectivity index (χ3n) is 7.38. The number of aliphatic hydroxyl groups excluding tert-OH is 1. The van der Waals surface area contributed by atoms with E-state index >= 15 is 0 Å². The lowest BCUT2D eigenvalue weighted by molar-refractivity contribution is 0.0830. The molecule has 38 heavy (non-hydrogen) atoms. The zero-order valence-corrected chi connectivity index (χ0v) is 22.2. The van der Waals surface area contributed by atoms with Crippen LogP contribution < -0.4 is 14.9 Å². The lowest BCUT2D eigenvalue weighted by atomic mass is 9.99. The number of benzene rings is 2. The molecule has 1 aliphatic heterocycles. The summed E-state index contributed by atoms with van der Waals surface area (Å²) in [5.41, 5.74) is 2.69. The summed E-state index contributed by atoms with van der Waals surface area (Å²) >= 11 is 0. The summed E-state index contributed by atoms with van der Waals surface area (Å²) in [6, 6.07) is 5.89. The number of aryl methyl sites for hydroxylation is 2. The van der Waals surface area contributed by atoms with Gasteiger partial charge in [0.25, 0.3) is 5.91 Å². The molecular formula is C27H32F2N4O4S. The number of nitrogens with zero attached hydrogens (tertiary/aromatic N) is 2. The van der Waals surface area contributed by atoms with Gasteiger partial charge in [-0.1, -0.05) is 6.92 Å². The van der Waals surface area contributed by atoms with Crippen molar-refractivity contribution in [3.05, 3.63) is 64.9 Å². The van der Waals surface area contributed by atoms with Gasteiger partial charge in [-0.3, -0.25) is 9.10 Å². The first-order chi connectivity index (χ1) is 18.1. The molecule has 5 rings (SSSR count). The summed E-state index contributed by atoms with van der Waals surface area (Å²) < 4.78 is 56.5. The molecule has 1 fully saturated rings. The van der Waals surface area contributed by atoms with Gasteiger partial charge in [-0.25, -0.2) is 17.2 Å². The van der Waals surface area contributed by atoms with Crippen LogP contribution in [0, 0.1) is 11.6 Å². The Labute approximate surface area is 220 Å². The van der Waals surface area contributed by atoms with E-state index in [1.807, 2.05) is 17.7 Å². The Bertz CT molecular complexity index is 1470. The van der Waals surface area contributed by atoms with Gasteiger partial charge in [0.2, 0.25) is 10.0 Å². The lowest BCUT2D eigenvalue weighted by Gasteiger charge is -2.25. The lowest BCUT2D eigenvalue weighted by Crippen LogP contribution is -2.49. The van der Waals surface area contributed by atoms with Gasteiger partial charge in [0, 0.05) is 49.4 Å². The molecule has 0 radical (unpaired) electrons. The monoisotopic (exact) mass is 546 g/mol. The van der Waals surface area contributed by atoms with Crippen molar-refractivity contribution < 1.29 is 27.1 Å². The molecule has 2 heterocycles. The smallest absolute Gasteiger partial charge is 0.251 e. The number of aliphatic hydroxyl groups is 1. The van der Waals surface area contributed by atoms with Crippen molar-refractivity contribution >= 4 is 32.5 Å². The first-order valence-electron chi connectivity index (χ1n) is 12.9. The van der Waals surface area contributed by atoms with Gasteiger partial charge in [-0.05, 0) is 61.1 Å². The summed E-state index contributed by atoms with van der Waals surface area (Å²) in [7, 11) is -2.10. The highest BCUT2D eigenvalue weighted by Gasteiger charge is 2.30. The zero-order chi connectivity index (χ0) is 27.2.